The van der Waals surface area contributed by atoms with Crippen molar-refractivity contribution in [3.8, 4) is 11.5 Å². The summed E-state index contributed by atoms with van der Waals surface area (Å²) in [5.74, 6) is -2.41. The lowest BCUT2D eigenvalue weighted by Gasteiger charge is -2.05. The molecule has 0 bridgehead atoms. The van der Waals surface area contributed by atoms with Crippen LogP contribution in [0.25, 0.3) is 0 Å². The van der Waals surface area contributed by atoms with Crippen LogP contribution >= 0.6 is 31.9 Å². The topological polar surface area (TPSA) is 69.9 Å². The zero-order valence-corrected chi connectivity index (χ0v) is 15.7. The Morgan fingerprint density at radius 3 is 2.16 bits per heavy atom. The van der Waals surface area contributed by atoms with Crippen molar-refractivity contribution < 1.29 is 23.8 Å². The van der Waals surface area contributed by atoms with Gasteiger partial charge in [-0.05, 0) is 56.1 Å². The summed E-state index contributed by atoms with van der Waals surface area (Å²) in [5, 5.41) is 18.5. The van der Waals surface area contributed by atoms with Crippen LogP contribution in [0.4, 0.5) is 8.78 Å². The largest absolute Gasteiger partial charge is 0.504 e. The highest BCUT2D eigenvalue weighted by Crippen LogP contribution is 2.30. The SMILES string of the molecule is O=Cc1ccc(Br)c(F)c1O.Oc1c(C2=NC=CC2)ccc(Br)c1F. The van der Waals surface area contributed by atoms with Crippen LogP contribution in [0.5, 0.6) is 11.5 Å². The number of benzene rings is 2. The second kappa shape index (κ2) is 8.35. The second-order valence-corrected chi connectivity index (χ2v) is 6.55. The number of hydrogen-bond donors (Lipinski definition) is 2. The highest BCUT2D eigenvalue weighted by atomic mass is 79.9. The van der Waals surface area contributed by atoms with E-state index in [-0.39, 0.29) is 20.3 Å². The number of hydrogen-bond acceptors (Lipinski definition) is 4. The van der Waals surface area contributed by atoms with E-state index < -0.39 is 17.4 Å². The van der Waals surface area contributed by atoms with Gasteiger partial charge in [0.1, 0.15) is 0 Å². The van der Waals surface area contributed by atoms with Crippen molar-refractivity contribution in [2.24, 2.45) is 4.99 Å². The molecule has 0 fully saturated rings. The molecular weight excluding hydrogens is 464 g/mol. The quantitative estimate of drug-likeness (QED) is 0.594. The molecule has 0 saturated carbocycles. The number of halogens is 4. The van der Waals surface area contributed by atoms with E-state index in [0.717, 1.165) is 0 Å². The smallest absolute Gasteiger partial charge is 0.179 e. The summed E-state index contributed by atoms with van der Waals surface area (Å²) in [7, 11) is 0. The molecule has 130 valence electrons. The molecule has 2 aromatic rings. The van der Waals surface area contributed by atoms with E-state index in [1.807, 2.05) is 6.08 Å². The molecule has 0 aliphatic carbocycles. The van der Waals surface area contributed by atoms with Gasteiger partial charge in [-0.1, -0.05) is 6.08 Å². The van der Waals surface area contributed by atoms with Crippen LogP contribution in [0.2, 0.25) is 0 Å². The van der Waals surface area contributed by atoms with Gasteiger partial charge in [0.05, 0.1) is 20.2 Å². The number of carbonyl (C=O) groups is 1. The molecule has 0 atom stereocenters. The molecule has 8 heteroatoms. The lowest BCUT2D eigenvalue weighted by atomic mass is 10.1. The van der Waals surface area contributed by atoms with Crippen molar-refractivity contribution in [3.63, 3.8) is 0 Å². The Morgan fingerprint density at radius 1 is 1.00 bits per heavy atom. The highest BCUT2D eigenvalue weighted by Gasteiger charge is 2.15. The van der Waals surface area contributed by atoms with Crippen molar-refractivity contribution in [2.75, 3.05) is 0 Å². The summed E-state index contributed by atoms with van der Waals surface area (Å²) in [6.07, 6.45) is 4.53. The molecule has 0 spiro atoms. The average Bonchev–Trinajstić information content (AvgIpc) is 3.13. The number of phenolic OH excluding ortho intramolecular Hbond substituents is 2. The highest BCUT2D eigenvalue weighted by molar-refractivity contribution is 9.10. The minimum absolute atomic E-state index is 0.0503. The third-order valence-electron chi connectivity index (χ3n) is 3.25. The van der Waals surface area contributed by atoms with E-state index in [1.165, 1.54) is 12.1 Å². The fourth-order valence-corrected chi connectivity index (χ4v) is 2.60. The lowest BCUT2D eigenvalue weighted by molar-refractivity contribution is 0.112. The first-order chi connectivity index (χ1) is 11.9. The van der Waals surface area contributed by atoms with E-state index >= 15 is 0 Å². The van der Waals surface area contributed by atoms with Crippen LogP contribution in [-0.2, 0) is 0 Å². The Balaban J connectivity index is 0.000000186. The molecule has 1 heterocycles. The van der Waals surface area contributed by atoms with E-state index in [4.69, 9.17) is 5.11 Å². The maximum absolute atomic E-state index is 13.3. The minimum Gasteiger partial charge on any atom is -0.504 e. The molecule has 25 heavy (non-hydrogen) atoms. The number of carbonyl (C=O) groups excluding carboxylic acids is 1. The van der Waals surface area contributed by atoms with Gasteiger partial charge in [-0.3, -0.25) is 9.79 Å². The zero-order valence-electron chi connectivity index (χ0n) is 12.5. The van der Waals surface area contributed by atoms with Crippen molar-refractivity contribution in [2.45, 2.75) is 6.42 Å². The first kappa shape index (κ1) is 19.3. The van der Waals surface area contributed by atoms with Crippen LogP contribution in [0.3, 0.4) is 0 Å². The molecule has 4 nitrogen and oxygen atoms in total. The maximum Gasteiger partial charge on any atom is 0.179 e. The van der Waals surface area contributed by atoms with Crippen LogP contribution < -0.4 is 0 Å². The first-order valence-corrected chi connectivity index (χ1v) is 8.46. The van der Waals surface area contributed by atoms with E-state index in [1.54, 1.807) is 18.3 Å². The van der Waals surface area contributed by atoms with Gasteiger partial charge >= 0.3 is 0 Å². The van der Waals surface area contributed by atoms with E-state index in [9.17, 15) is 18.7 Å². The minimum atomic E-state index is -0.811. The van der Waals surface area contributed by atoms with Crippen molar-refractivity contribution in [3.05, 3.63) is 68.2 Å². The first-order valence-electron chi connectivity index (χ1n) is 6.88. The average molecular weight is 475 g/mol. The molecule has 1 aliphatic heterocycles. The molecule has 0 amide bonds. The maximum atomic E-state index is 13.3. The van der Waals surface area contributed by atoms with Crippen LogP contribution in [0.1, 0.15) is 22.3 Å². The summed E-state index contributed by atoms with van der Waals surface area (Å²) < 4.78 is 26.4. The summed E-state index contributed by atoms with van der Waals surface area (Å²) in [6, 6.07) is 5.90. The fraction of sp³-hybridized carbons (Fsp3) is 0.0588. The van der Waals surface area contributed by atoms with Gasteiger partial charge in [-0.15, -0.1) is 0 Å². The Hall–Kier alpha value is -2.06. The number of aliphatic imine (C=N–C) groups is 1. The number of phenols is 2. The normalized spacial score (nSPS) is 12.4. The molecule has 0 saturated heterocycles. The number of aldehydes is 1. The Bertz CT molecular complexity index is 883. The molecule has 0 unspecified atom stereocenters. The van der Waals surface area contributed by atoms with Gasteiger partial charge in [-0.2, -0.15) is 0 Å². The predicted molar refractivity (Wildman–Crippen MR) is 97.2 cm³/mol. The fourth-order valence-electron chi connectivity index (χ4n) is 1.96. The summed E-state index contributed by atoms with van der Waals surface area (Å²) in [4.78, 5) is 14.2. The molecule has 2 aromatic carbocycles. The van der Waals surface area contributed by atoms with Crippen LogP contribution in [-0.4, -0.2) is 22.2 Å². The number of allylic oxidation sites excluding steroid dienone is 1. The van der Waals surface area contributed by atoms with Crippen molar-refractivity contribution in [1.82, 2.24) is 0 Å². The van der Waals surface area contributed by atoms with Gasteiger partial charge < -0.3 is 10.2 Å². The van der Waals surface area contributed by atoms with Crippen LogP contribution in [0.15, 0.2) is 50.5 Å². The summed E-state index contributed by atoms with van der Waals surface area (Å²) in [6.45, 7) is 0. The number of rotatable bonds is 2. The molecule has 3 rings (SSSR count). The van der Waals surface area contributed by atoms with Gasteiger partial charge in [0, 0.05) is 18.2 Å². The molecule has 2 N–H and O–H groups in total. The standard InChI is InChI=1S/C10H7BrFNO.C7H4BrFO2/c11-7-4-3-6(10(14)9(7)12)8-2-1-5-13-8;8-5-2-1-4(3-10)7(11)6(5)9/h1,3-5,14H,2H2;1-3,11H. The Kier molecular flexibility index (Phi) is 6.44. The summed E-state index contributed by atoms with van der Waals surface area (Å²) in [5.41, 5.74) is 1.09. The van der Waals surface area contributed by atoms with Gasteiger partial charge in [0.25, 0.3) is 0 Å². The van der Waals surface area contributed by atoms with E-state index in [2.05, 4.69) is 36.9 Å². The molecular formula is C17H11Br2F2NO3. The van der Waals surface area contributed by atoms with Crippen molar-refractivity contribution >= 4 is 43.9 Å². The molecule has 0 aromatic heterocycles. The van der Waals surface area contributed by atoms with Gasteiger partial charge in [0.2, 0.25) is 0 Å². The van der Waals surface area contributed by atoms with Crippen LogP contribution in [0, 0.1) is 11.6 Å². The monoisotopic (exact) mass is 473 g/mol. The third kappa shape index (κ3) is 4.32. The zero-order chi connectivity index (χ0) is 18.6. The van der Waals surface area contributed by atoms with Gasteiger partial charge in [-0.25, -0.2) is 8.78 Å². The van der Waals surface area contributed by atoms with Gasteiger partial charge in [0.15, 0.2) is 29.4 Å². The number of aromatic hydroxyl groups is 2. The van der Waals surface area contributed by atoms with E-state index in [0.29, 0.717) is 24.0 Å². The molecule has 0 radical (unpaired) electrons. The predicted octanol–water partition coefficient (Wildman–Crippen LogP) is 5.11. The van der Waals surface area contributed by atoms with Crippen molar-refractivity contribution in [1.29, 1.82) is 0 Å². The molecule has 1 aliphatic rings. The number of nitrogens with zero attached hydrogens (tertiary/aromatic N) is 1. The Labute approximate surface area is 158 Å². The third-order valence-corrected chi connectivity index (χ3v) is 4.48. The summed E-state index contributed by atoms with van der Waals surface area (Å²) >= 11 is 5.86. The second-order valence-electron chi connectivity index (χ2n) is 4.84. The lowest BCUT2D eigenvalue weighted by Crippen LogP contribution is -1.98. The Morgan fingerprint density at radius 2 is 1.60 bits per heavy atom.